The van der Waals surface area contributed by atoms with Gasteiger partial charge in [-0.1, -0.05) is 12.8 Å². The standard InChI is InChI=1S/C16H21/c1-8-15(9-2)16-13(6)11(4)10(3)12(5)14(16)7/h15H,8H2,1,3-7H3. The van der Waals surface area contributed by atoms with Crippen molar-refractivity contribution in [2.45, 2.75) is 53.9 Å². The predicted octanol–water partition coefficient (Wildman–Crippen LogP) is 4.31. The van der Waals surface area contributed by atoms with Gasteiger partial charge >= 0.3 is 0 Å². The maximum atomic E-state index is 7.44. The minimum absolute atomic E-state index is 0.151. The van der Waals surface area contributed by atoms with Crippen LogP contribution in [0.1, 0.15) is 52.6 Å². The van der Waals surface area contributed by atoms with Gasteiger partial charge < -0.3 is 0 Å². The van der Waals surface area contributed by atoms with Crippen LogP contribution in [-0.4, -0.2) is 0 Å². The van der Waals surface area contributed by atoms with Crippen LogP contribution >= 0.6 is 0 Å². The minimum atomic E-state index is 0.151. The van der Waals surface area contributed by atoms with E-state index in [0.717, 1.165) is 6.42 Å². The zero-order valence-electron chi connectivity index (χ0n) is 11.3. The molecule has 0 aliphatic heterocycles. The molecule has 0 nitrogen and oxygen atoms in total. The highest BCUT2D eigenvalue weighted by Gasteiger charge is 2.17. The zero-order chi connectivity index (χ0) is 12.5. The van der Waals surface area contributed by atoms with E-state index in [-0.39, 0.29) is 5.92 Å². The van der Waals surface area contributed by atoms with Gasteiger partial charge in [-0.3, -0.25) is 0 Å². The molecule has 1 atom stereocenters. The Morgan fingerprint density at radius 1 is 0.875 bits per heavy atom. The van der Waals surface area contributed by atoms with Crippen LogP contribution in [0, 0.1) is 47.0 Å². The first-order valence-electron chi connectivity index (χ1n) is 5.94. The van der Waals surface area contributed by atoms with Crippen LogP contribution in [0.2, 0.25) is 0 Å². The van der Waals surface area contributed by atoms with Crippen LogP contribution < -0.4 is 0 Å². The molecule has 0 amide bonds. The lowest BCUT2D eigenvalue weighted by atomic mass is 9.83. The molecule has 0 aliphatic carbocycles. The molecule has 0 aliphatic rings. The molecular weight excluding hydrogens is 192 g/mol. The largest absolute Gasteiger partial charge is 0.0809 e. The molecule has 0 fully saturated rings. The minimum Gasteiger partial charge on any atom is -0.0809 e. The van der Waals surface area contributed by atoms with Crippen molar-refractivity contribution in [3.63, 3.8) is 0 Å². The Balaban J connectivity index is 3.58. The third-order valence-electron chi connectivity index (χ3n) is 3.99. The number of hydrogen-bond acceptors (Lipinski definition) is 0. The normalized spacial score (nSPS) is 12.3. The molecule has 0 aromatic heterocycles. The monoisotopic (exact) mass is 213 g/mol. The lowest BCUT2D eigenvalue weighted by Crippen LogP contribution is -2.06. The number of benzene rings is 1. The van der Waals surface area contributed by atoms with Crippen molar-refractivity contribution in [1.29, 1.82) is 0 Å². The second-order valence-electron chi connectivity index (χ2n) is 4.64. The maximum Gasteiger partial charge on any atom is 0.0465 e. The molecule has 1 aromatic rings. The predicted molar refractivity (Wildman–Crippen MR) is 70.3 cm³/mol. The first-order valence-corrected chi connectivity index (χ1v) is 5.94. The van der Waals surface area contributed by atoms with E-state index in [9.17, 15) is 0 Å². The van der Waals surface area contributed by atoms with Crippen LogP contribution in [-0.2, 0) is 0 Å². The van der Waals surface area contributed by atoms with E-state index in [1.807, 2.05) is 0 Å². The average molecular weight is 213 g/mol. The molecule has 1 aromatic carbocycles. The average Bonchev–Trinajstić information content (AvgIpc) is 2.29. The van der Waals surface area contributed by atoms with Gasteiger partial charge in [0.1, 0.15) is 0 Å². The van der Waals surface area contributed by atoms with E-state index in [1.54, 1.807) is 0 Å². The zero-order valence-corrected chi connectivity index (χ0v) is 11.3. The molecule has 0 spiro atoms. The lowest BCUT2D eigenvalue weighted by Gasteiger charge is -2.21. The van der Waals surface area contributed by atoms with Gasteiger partial charge in [0.2, 0.25) is 0 Å². The summed E-state index contributed by atoms with van der Waals surface area (Å²) >= 11 is 0. The quantitative estimate of drug-likeness (QED) is 0.642. The summed E-state index contributed by atoms with van der Waals surface area (Å²) in [5.74, 6) is 2.82. The summed E-state index contributed by atoms with van der Waals surface area (Å²) in [7, 11) is 0. The van der Waals surface area contributed by atoms with E-state index in [0.29, 0.717) is 0 Å². The van der Waals surface area contributed by atoms with Crippen LogP contribution in [0.25, 0.3) is 0 Å². The molecule has 0 heterocycles. The first kappa shape index (κ1) is 12.8. The molecule has 0 saturated heterocycles. The summed E-state index contributed by atoms with van der Waals surface area (Å²) in [4.78, 5) is 0. The van der Waals surface area contributed by atoms with E-state index in [4.69, 9.17) is 6.42 Å². The van der Waals surface area contributed by atoms with Crippen molar-refractivity contribution in [3.05, 3.63) is 39.8 Å². The van der Waals surface area contributed by atoms with Gasteiger partial charge in [-0.25, -0.2) is 0 Å². The van der Waals surface area contributed by atoms with E-state index >= 15 is 0 Å². The van der Waals surface area contributed by atoms with Gasteiger partial charge in [-0.05, 0) is 80.8 Å². The van der Waals surface area contributed by atoms with Gasteiger partial charge in [-0.15, -0.1) is 0 Å². The van der Waals surface area contributed by atoms with Gasteiger partial charge in [-0.2, -0.15) is 0 Å². The Morgan fingerprint density at radius 3 is 1.56 bits per heavy atom. The first-order chi connectivity index (χ1) is 7.45. The smallest absolute Gasteiger partial charge is 0.0465 e. The summed E-state index contributed by atoms with van der Waals surface area (Å²) in [6, 6.07) is 0. The summed E-state index contributed by atoms with van der Waals surface area (Å²) in [5, 5.41) is 0. The fraction of sp³-hybridized carbons (Fsp3) is 0.500. The van der Waals surface area contributed by atoms with Crippen LogP contribution in [0.5, 0.6) is 0 Å². The Labute approximate surface area is 100 Å². The Hall–Kier alpha value is -1.22. The highest BCUT2D eigenvalue weighted by atomic mass is 14.2. The van der Waals surface area contributed by atoms with Crippen LogP contribution in [0.4, 0.5) is 0 Å². The molecule has 0 saturated carbocycles. The Bertz CT molecular complexity index is 415. The molecule has 0 bridgehead atoms. The summed E-state index contributed by atoms with van der Waals surface area (Å²) in [6.45, 7) is 13.0. The molecule has 0 heteroatoms. The molecule has 1 unspecified atom stereocenters. The molecular formula is C16H21. The van der Waals surface area contributed by atoms with Crippen LogP contribution in [0.3, 0.4) is 0 Å². The van der Waals surface area contributed by atoms with Crippen molar-refractivity contribution >= 4 is 0 Å². The molecule has 1 rings (SSSR count). The van der Waals surface area contributed by atoms with Crippen molar-refractivity contribution in [2.24, 2.45) is 0 Å². The topological polar surface area (TPSA) is 0 Å². The third-order valence-corrected chi connectivity index (χ3v) is 3.99. The summed E-state index contributed by atoms with van der Waals surface area (Å²) < 4.78 is 0. The van der Waals surface area contributed by atoms with Gasteiger partial charge in [0.15, 0.2) is 0 Å². The SMILES string of the molecule is [C]#CC(CC)c1c(C)c(C)c(C)c(C)c1C. The highest BCUT2D eigenvalue weighted by Crippen LogP contribution is 2.32. The molecule has 85 valence electrons. The van der Waals surface area contributed by atoms with Gasteiger partial charge in [0.25, 0.3) is 0 Å². The van der Waals surface area contributed by atoms with Gasteiger partial charge in [0, 0.05) is 5.92 Å². The van der Waals surface area contributed by atoms with Crippen molar-refractivity contribution in [2.75, 3.05) is 0 Å². The maximum absolute atomic E-state index is 7.44. The second-order valence-corrected chi connectivity index (χ2v) is 4.64. The second kappa shape index (κ2) is 4.74. The van der Waals surface area contributed by atoms with Crippen molar-refractivity contribution in [3.8, 4) is 5.92 Å². The molecule has 16 heavy (non-hydrogen) atoms. The van der Waals surface area contributed by atoms with Crippen LogP contribution in [0.15, 0.2) is 0 Å². The summed E-state index contributed by atoms with van der Waals surface area (Å²) in [6.07, 6.45) is 8.39. The summed E-state index contributed by atoms with van der Waals surface area (Å²) in [5.41, 5.74) is 8.12. The fourth-order valence-corrected chi connectivity index (χ4v) is 2.43. The lowest BCUT2D eigenvalue weighted by molar-refractivity contribution is 0.809. The molecule has 1 radical (unpaired) electrons. The Morgan fingerprint density at radius 2 is 1.25 bits per heavy atom. The molecule has 0 N–H and O–H groups in total. The highest BCUT2D eigenvalue weighted by molar-refractivity contribution is 5.52. The third kappa shape index (κ3) is 1.87. The Kier molecular flexibility index (Phi) is 3.81. The number of hydrogen-bond donors (Lipinski definition) is 0. The van der Waals surface area contributed by atoms with Gasteiger partial charge in [0.05, 0.1) is 0 Å². The van der Waals surface area contributed by atoms with E-state index in [2.05, 4.69) is 47.5 Å². The van der Waals surface area contributed by atoms with E-state index < -0.39 is 0 Å². The fourth-order valence-electron chi connectivity index (χ4n) is 2.43. The van der Waals surface area contributed by atoms with Crippen molar-refractivity contribution in [1.82, 2.24) is 0 Å². The van der Waals surface area contributed by atoms with E-state index in [1.165, 1.54) is 33.4 Å². The number of rotatable bonds is 2. The van der Waals surface area contributed by atoms with Crippen molar-refractivity contribution < 1.29 is 0 Å².